The molecule has 0 spiro atoms. The van der Waals surface area contributed by atoms with E-state index in [1.807, 2.05) is 31.0 Å². The average Bonchev–Trinajstić information content (AvgIpc) is 2.59. The third kappa shape index (κ3) is 4.34. The predicted molar refractivity (Wildman–Crippen MR) is 96.9 cm³/mol. The Morgan fingerprint density at radius 3 is 2.62 bits per heavy atom. The first-order valence-corrected chi connectivity index (χ1v) is 7.97. The van der Waals surface area contributed by atoms with Gasteiger partial charge in [-0.2, -0.15) is 0 Å². The van der Waals surface area contributed by atoms with Gasteiger partial charge < -0.3 is 10.6 Å². The highest BCUT2D eigenvalue weighted by Crippen LogP contribution is 2.24. The van der Waals surface area contributed by atoms with Gasteiger partial charge in [-0.05, 0) is 25.5 Å². The highest BCUT2D eigenvalue weighted by molar-refractivity contribution is 5.95. The molecule has 0 saturated carbocycles. The van der Waals surface area contributed by atoms with Crippen LogP contribution in [0.2, 0.25) is 0 Å². The van der Waals surface area contributed by atoms with Crippen molar-refractivity contribution >= 4 is 23.2 Å². The van der Waals surface area contributed by atoms with E-state index in [1.165, 1.54) is 6.33 Å². The summed E-state index contributed by atoms with van der Waals surface area (Å²) >= 11 is 0. The van der Waals surface area contributed by atoms with Crippen molar-refractivity contribution in [1.29, 1.82) is 0 Å². The van der Waals surface area contributed by atoms with Crippen LogP contribution in [0.4, 0.5) is 17.3 Å². The number of aryl methyl sites for hydroxylation is 1. The lowest BCUT2D eigenvalue weighted by Gasteiger charge is -2.20. The number of carbonyl (C=O) groups is 1. The standard InChI is InChI=1S/C17H24N6O/c1-4-5-10-23(3)16-14(18)15(19-11-20-16)21-22-17(24)13-8-6-12(2)7-9-13/h6-9,11H,4-5,10,18H2,1-3H3,(H,22,24)(H,19,20,21). The summed E-state index contributed by atoms with van der Waals surface area (Å²) in [5.74, 6) is 0.767. The van der Waals surface area contributed by atoms with Gasteiger partial charge in [0.05, 0.1) is 0 Å². The van der Waals surface area contributed by atoms with Crippen molar-refractivity contribution in [3.63, 3.8) is 0 Å². The zero-order chi connectivity index (χ0) is 17.5. The predicted octanol–water partition coefficient (Wildman–Crippen LogP) is 2.36. The van der Waals surface area contributed by atoms with Crippen molar-refractivity contribution in [3.8, 4) is 0 Å². The van der Waals surface area contributed by atoms with Crippen LogP contribution in [0, 0.1) is 6.92 Å². The second kappa shape index (κ2) is 8.14. The topological polar surface area (TPSA) is 96.2 Å². The molecule has 1 aromatic carbocycles. The van der Waals surface area contributed by atoms with Gasteiger partial charge in [-0.3, -0.25) is 15.6 Å². The lowest BCUT2D eigenvalue weighted by molar-refractivity contribution is 0.0962. The molecular weight excluding hydrogens is 304 g/mol. The zero-order valence-corrected chi connectivity index (χ0v) is 14.3. The molecule has 1 heterocycles. The SMILES string of the molecule is CCCCN(C)c1ncnc(NNC(=O)c2ccc(C)cc2)c1N. The molecule has 1 aromatic heterocycles. The first-order valence-electron chi connectivity index (χ1n) is 7.97. The third-order valence-electron chi connectivity index (χ3n) is 3.68. The summed E-state index contributed by atoms with van der Waals surface area (Å²) in [5, 5.41) is 0. The zero-order valence-electron chi connectivity index (χ0n) is 14.3. The summed E-state index contributed by atoms with van der Waals surface area (Å²) in [6.45, 7) is 4.95. The number of nitrogens with zero attached hydrogens (tertiary/aromatic N) is 3. The van der Waals surface area contributed by atoms with Gasteiger partial charge in [0.2, 0.25) is 0 Å². The fraction of sp³-hybridized carbons (Fsp3) is 0.353. The average molecular weight is 328 g/mol. The monoisotopic (exact) mass is 328 g/mol. The molecule has 7 nitrogen and oxygen atoms in total. The van der Waals surface area contributed by atoms with Crippen LogP contribution < -0.4 is 21.5 Å². The van der Waals surface area contributed by atoms with Gasteiger partial charge in [0.25, 0.3) is 5.91 Å². The molecule has 0 atom stereocenters. The number of carbonyl (C=O) groups excluding carboxylic acids is 1. The maximum Gasteiger partial charge on any atom is 0.269 e. The summed E-state index contributed by atoms with van der Waals surface area (Å²) in [6.07, 6.45) is 3.56. The number of nitrogens with two attached hydrogens (primary N) is 1. The highest BCUT2D eigenvalue weighted by atomic mass is 16.2. The number of nitrogens with one attached hydrogen (secondary N) is 2. The van der Waals surface area contributed by atoms with Crippen molar-refractivity contribution in [3.05, 3.63) is 41.7 Å². The van der Waals surface area contributed by atoms with Gasteiger partial charge in [0.15, 0.2) is 11.6 Å². The number of amides is 1. The Bertz CT molecular complexity index is 686. The maximum atomic E-state index is 12.1. The molecule has 4 N–H and O–H groups in total. The van der Waals surface area contributed by atoms with E-state index < -0.39 is 0 Å². The van der Waals surface area contributed by atoms with Crippen LogP contribution in [0.3, 0.4) is 0 Å². The fourth-order valence-corrected chi connectivity index (χ4v) is 2.18. The van der Waals surface area contributed by atoms with Gasteiger partial charge in [0, 0.05) is 19.2 Å². The minimum Gasteiger partial charge on any atom is -0.393 e. The van der Waals surface area contributed by atoms with Crippen molar-refractivity contribution in [1.82, 2.24) is 15.4 Å². The lowest BCUT2D eigenvalue weighted by Crippen LogP contribution is -2.31. The van der Waals surface area contributed by atoms with Crippen molar-refractivity contribution in [2.24, 2.45) is 0 Å². The molecule has 0 radical (unpaired) electrons. The van der Waals surface area contributed by atoms with Crippen molar-refractivity contribution in [2.75, 3.05) is 29.7 Å². The van der Waals surface area contributed by atoms with E-state index in [-0.39, 0.29) is 5.91 Å². The van der Waals surface area contributed by atoms with E-state index in [0.29, 0.717) is 22.9 Å². The third-order valence-corrected chi connectivity index (χ3v) is 3.68. The van der Waals surface area contributed by atoms with Gasteiger partial charge in [0.1, 0.15) is 12.0 Å². The minimum atomic E-state index is -0.256. The number of rotatable bonds is 7. The van der Waals surface area contributed by atoms with Crippen LogP contribution in [0.25, 0.3) is 0 Å². The molecule has 0 bridgehead atoms. The first-order chi connectivity index (χ1) is 11.5. The first kappa shape index (κ1) is 17.5. The Morgan fingerprint density at radius 2 is 1.96 bits per heavy atom. The van der Waals surface area contributed by atoms with Crippen LogP contribution in [0.1, 0.15) is 35.7 Å². The van der Waals surface area contributed by atoms with Gasteiger partial charge >= 0.3 is 0 Å². The summed E-state index contributed by atoms with van der Waals surface area (Å²) in [5.41, 5.74) is 13.6. The molecule has 2 aromatic rings. The number of aromatic nitrogens is 2. The van der Waals surface area contributed by atoms with Crippen LogP contribution >= 0.6 is 0 Å². The van der Waals surface area contributed by atoms with Crippen LogP contribution in [-0.4, -0.2) is 29.5 Å². The second-order valence-corrected chi connectivity index (χ2v) is 5.68. The van der Waals surface area contributed by atoms with Crippen LogP contribution in [-0.2, 0) is 0 Å². The smallest absolute Gasteiger partial charge is 0.269 e. The normalized spacial score (nSPS) is 10.3. The number of benzene rings is 1. The van der Waals surface area contributed by atoms with E-state index >= 15 is 0 Å². The molecule has 24 heavy (non-hydrogen) atoms. The van der Waals surface area contributed by atoms with Gasteiger partial charge in [-0.1, -0.05) is 31.0 Å². The van der Waals surface area contributed by atoms with Crippen molar-refractivity contribution in [2.45, 2.75) is 26.7 Å². The molecule has 0 aliphatic carbocycles. The largest absolute Gasteiger partial charge is 0.393 e. The van der Waals surface area contributed by atoms with E-state index in [9.17, 15) is 4.79 Å². The van der Waals surface area contributed by atoms with E-state index in [1.54, 1.807) is 12.1 Å². The van der Waals surface area contributed by atoms with Gasteiger partial charge in [-0.25, -0.2) is 9.97 Å². The number of hydrogen-bond acceptors (Lipinski definition) is 6. The molecular formula is C17H24N6O. The molecule has 7 heteroatoms. The number of hydrazine groups is 1. The van der Waals surface area contributed by atoms with Crippen molar-refractivity contribution < 1.29 is 4.79 Å². The number of anilines is 3. The van der Waals surface area contributed by atoms with E-state index in [2.05, 4.69) is 27.7 Å². The molecule has 0 fully saturated rings. The summed E-state index contributed by atoms with van der Waals surface area (Å²) in [4.78, 5) is 22.4. The maximum absolute atomic E-state index is 12.1. The molecule has 128 valence electrons. The molecule has 0 unspecified atom stereocenters. The van der Waals surface area contributed by atoms with E-state index in [4.69, 9.17) is 5.73 Å². The van der Waals surface area contributed by atoms with E-state index in [0.717, 1.165) is 24.9 Å². The van der Waals surface area contributed by atoms with Crippen LogP contribution in [0.5, 0.6) is 0 Å². The molecule has 1 amide bonds. The quantitative estimate of drug-likeness (QED) is 0.675. The highest BCUT2D eigenvalue weighted by Gasteiger charge is 2.13. The lowest BCUT2D eigenvalue weighted by atomic mass is 10.1. The number of hydrogen-bond donors (Lipinski definition) is 3. The Balaban J connectivity index is 2.04. The van der Waals surface area contributed by atoms with Crippen LogP contribution in [0.15, 0.2) is 30.6 Å². The Labute approximate surface area is 142 Å². The fourth-order valence-electron chi connectivity index (χ4n) is 2.18. The summed E-state index contributed by atoms with van der Waals surface area (Å²) in [6, 6.07) is 7.29. The van der Waals surface area contributed by atoms with Gasteiger partial charge in [-0.15, -0.1) is 0 Å². The summed E-state index contributed by atoms with van der Waals surface area (Å²) < 4.78 is 0. The molecule has 2 rings (SSSR count). The Kier molecular flexibility index (Phi) is 5.95. The minimum absolute atomic E-state index is 0.256. The molecule has 0 saturated heterocycles. The Morgan fingerprint density at radius 1 is 1.25 bits per heavy atom. The number of nitrogen functional groups attached to an aromatic ring is 1. The number of unbranched alkanes of at least 4 members (excludes halogenated alkanes) is 1. The molecule has 0 aliphatic rings. The second-order valence-electron chi connectivity index (χ2n) is 5.68. The summed E-state index contributed by atoms with van der Waals surface area (Å²) in [7, 11) is 1.93. The molecule has 0 aliphatic heterocycles. The Hall–Kier alpha value is -2.83.